The maximum Gasteiger partial charge on any atom is 0.416 e. The molecule has 0 unspecified atom stereocenters. The molecule has 1 atom stereocenters. The number of carbonyl (C=O) groups is 1. The van der Waals surface area contributed by atoms with Gasteiger partial charge >= 0.3 is 6.18 Å². The first-order valence-electron chi connectivity index (χ1n) is 9.98. The summed E-state index contributed by atoms with van der Waals surface area (Å²) in [7, 11) is 0. The van der Waals surface area contributed by atoms with Crippen molar-refractivity contribution in [3.05, 3.63) is 59.5 Å². The molecule has 162 valence electrons. The lowest BCUT2D eigenvalue weighted by molar-refractivity contribution is -0.138. The van der Waals surface area contributed by atoms with Crippen LogP contribution in [0.4, 0.5) is 24.7 Å². The average molecular weight is 429 g/mol. The summed E-state index contributed by atoms with van der Waals surface area (Å²) in [4.78, 5) is 19.2. The third-order valence-corrected chi connectivity index (χ3v) is 5.36. The molecule has 31 heavy (non-hydrogen) atoms. The lowest BCUT2D eigenvalue weighted by atomic mass is 10.0. The van der Waals surface area contributed by atoms with Gasteiger partial charge in [-0.2, -0.15) is 18.3 Å². The van der Waals surface area contributed by atoms with Gasteiger partial charge in [0, 0.05) is 30.5 Å². The number of fused-ring (bicyclic) bond motifs is 1. The second kappa shape index (κ2) is 7.72. The second-order valence-corrected chi connectivity index (χ2v) is 7.57. The molecule has 1 amide bonds. The Hall–Kier alpha value is -3.36. The Balaban J connectivity index is 1.75. The minimum atomic E-state index is -4.43. The van der Waals surface area contributed by atoms with Crippen molar-refractivity contribution in [3.63, 3.8) is 0 Å². The number of benzene rings is 1. The summed E-state index contributed by atoms with van der Waals surface area (Å²) >= 11 is 0. The highest BCUT2D eigenvalue weighted by Gasteiger charge is 2.36. The first-order chi connectivity index (χ1) is 14.7. The van der Waals surface area contributed by atoms with Gasteiger partial charge in [0.15, 0.2) is 0 Å². The largest absolute Gasteiger partial charge is 0.416 e. The zero-order valence-corrected chi connectivity index (χ0v) is 17.4. The van der Waals surface area contributed by atoms with Crippen LogP contribution in [-0.4, -0.2) is 33.8 Å². The maximum atomic E-state index is 13.4. The fraction of sp³-hybridized carbons (Fsp3) is 0.318. The van der Waals surface area contributed by atoms with E-state index in [1.54, 1.807) is 23.1 Å². The normalized spacial score (nSPS) is 16.4. The monoisotopic (exact) mass is 429 g/mol. The number of nitrogens with one attached hydrogen (secondary N) is 1. The van der Waals surface area contributed by atoms with E-state index >= 15 is 0 Å². The first-order valence-corrected chi connectivity index (χ1v) is 9.98. The molecule has 6 nitrogen and oxygen atoms in total. The smallest absolute Gasteiger partial charge is 0.370 e. The van der Waals surface area contributed by atoms with Crippen molar-refractivity contribution < 1.29 is 18.0 Å². The van der Waals surface area contributed by atoms with Crippen LogP contribution in [0.5, 0.6) is 0 Å². The van der Waals surface area contributed by atoms with Crippen LogP contribution in [0.25, 0.3) is 11.1 Å². The molecular formula is C22H22F3N5O. The SMILES string of the molecule is CCNc1cc(-c2cnn3c2C(=O)N(c2ccc(C(F)(F)F)c(C)c2)C[C@@H]3C)ccn1. The zero-order valence-electron chi connectivity index (χ0n) is 17.4. The molecule has 2 aromatic heterocycles. The Morgan fingerprint density at radius 3 is 2.68 bits per heavy atom. The molecule has 0 bridgehead atoms. The molecule has 0 radical (unpaired) electrons. The molecular weight excluding hydrogens is 407 g/mol. The van der Waals surface area contributed by atoms with Crippen LogP contribution in [0.1, 0.15) is 41.5 Å². The zero-order chi connectivity index (χ0) is 22.3. The molecule has 1 N–H and O–H groups in total. The molecule has 9 heteroatoms. The van der Waals surface area contributed by atoms with E-state index < -0.39 is 11.7 Å². The van der Waals surface area contributed by atoms with Crippen LogP contribution in [0.3, 0.4) is 0 Å². The van der Waals surface area contributed by atoms with E-state index in [4.69, 9.17) is 0 Å². The van der Waals surface area contributed by atoms with Crippen molar-refractivity contribution in [2.45, 2.75) is 33.0 Å². The van der Waals surface area contributed by atoms with Gasteiger partial charge in [-0.3, -0.25) is 9.48 Å². The number of amides is 1. The van der Waals surface area contributed by atoms with Gasteiger partial charge in [0.2, 0.25) is 0 Å². The van der Waals surface area contributed by atoms with E-state index in [0.29, 0.717) is 35.9 Å². The highest BCUT2D eigenvalue weighted by molar-refractivity contribution is 6.09. The summed E-state index contributed by atoms with van der Waals surface area (Å²) in [6.07, 6.45) is -1.12. The average Bonchev–Trinajstić information content (AvgIpc) is 3.16. The molecule has 1 aromatic carbocycles. The van der Waals surface area contributed by atoms with Crippen molar-refractivity contribution >= 4 is 17.4 Å². The van der Waals surface area contributed by atoms with Crippen LogP contribution in [-0.2, 0) is 6.18 Å². The summed E-state index contributed by atoms with van der Waals surface area (Å²) in [5.74, 6) is 0.387. The summed E-state index contributed by atoms with van der Waals surface area (Å²) < 4.78 is 41.1. The summed E-state index contributed by atoms with van der Waals surface area (Å²) in [5.41, 5.74) is 1.67. The van der Waals surface area contributed by atoms with E-state index in [0.717, 1.165) is 11.6 Å². The summed E-state index contributed by atoms with van der Waals surface area (Å²) in [6.45, 7) is 6.31. The first kappa shape index (κ1) is 20.9. The number of alkyl halides is 3. The molecule has 3 heterocycles. The number of halogens is 3. The standard InChI is InChI=1S/C22H22F3N5O/c1-4-26-19-10-15(7-8-27-19)17-11-28-30-14(3)12-29(21(31)20(17)30)16-5-6-18(13(2)9-16)22(23,24)25/h5-11,14H,4,12H2,1-3H3,(H,26,27)/t14-/m0/s1. The van der Waals surface area contributed by atoms with Gasteiger partial charge in [0.05, 0.1) is 17.8 Å². The lowest BCUT2D eigenvalue weighted by Crippen LogP contribution is -2.42. The minimum Gasteiger partial charge on any atom is -0.370 e. The highest BCUT2D eigenvalue weighted by atomic mass is 19.4. The number of carbonyl (C=O) groups excluding carboxylic acids is 1. The second-order valence-electron chi connectivity index (χ2n) is 7.57. The Morgan fingerprint density at radius 2 is 2.00 bits per heavy atom. The third kappa shape index (κ3) is 3.75. The van der Waals surface area contributed by atoms with E-state index in [-0.39, 0.29) is 17.5 Å². The summed E-state index contributed by atoms with van der Waals surface area (Å²) in [5, 5.41) is 7.55. The van der Waals surface area contributed by atoms with Gasteiger partial charge in [-0.05, 0) is 62.2 Å². The van der Waals surface area contributed by atoms with Crippen LogP contribution >= 0.6 is 0 Å². The molecule has 1 aliphatic heterocycles. The van der Waals surface area contributed by atoms with E-state index in [1.165, 1.54) is 24.0 Å². The minimum absolute atomic E-state index is 0.0779. The Labute approximate surface area is 177 Å². The molecule has 1 aliphatic rings. The third-order valence-electron chi connectivity index (χ3n) is 5.36. The number of hydrogen-bond donors (Lipinski definition) is 1. The van der Waals surface area contributed by atoms with Crippen molar-refractivity contribution in [2.75, 3.05) is 23.3 Å². The van der Waals surface area contributed by atoms with E-state index in [2.05, 4.69) is 15.4 Å². The Bertz CT molecular complexity index is 1140. The van der Waals surface area contributed by atoms with Gasteiger partial charge in [0.25, 0.3) is 5.91 Å². The van der Waals surface area contributed by atoms with Crippen molar-refractivity contribution in [1.82, 2.24) is 14.8 Å². The molecule has 0 fully saturated rings. The molecule has 0 aliphatic carbocycles. The predicted molar refractivity (Wildman–Crippen MR) is 112 cm³/mol. The number of anilines is 2. The van der Waals surface area contributed by atoms with Gasteiger partial charge < -0.3 is 10.2 Å². The fourth-order valence-electron chi connectivity index (χ4n) is 3.91. The summed E-state index contributed by atoms with van der Waals surface area (Å²) in [6, 6.07) is 7.30. The van der Waals surface area contributed by atoms with Crippen LogP contribution < -0.4 is 10.2 Å². The predicted octanol–water partition coefficient (Wildman–Crippen LogP) is 4.93. The molecule has 0 saturated heterocycles. The number of rotatable bonds is 4. The maximum absolute atomic E-state index is 13.4. The number of hydrogen-bond acceptors (Lipinski definition) is 4. The van der Waals surface area contributed by atoms with E-state index in [1.807, 2.05) is 19.9 Å². The van der Waals surface area contributed by atoms with Crippen LogP contribution in [0, 0.1) is 6.92 Å². The van der Waals surface area contributed by atoms with Crippen LogP contribution in [0.2, 0.25) is 0 Å². The Kier molecular flexibility index (Phi) is 5.20. The van der Waals surface area contributed by atoms with Gasteiger partial charge in [-0.25, -0.2) is 4.98 Å². The van der Waals surface area contributed by atoms with Gasteiger partial charge in [-0.1, -0.05) is 0 Å². The molecule has 4 rings (SSSR count). The highest BCUT2D eigenvalue weighted by Crippen LogP contribution is 2.36. The van der Waals surface area contributed by atoms with Crippen molar-refractivity contribution in [3.8, 4) is 11.1 Å². The Morgan fingerprint density at radius 1 is 1.23 bits per heavy atom. The quantitative estimate of drug-likeness (QED) is 0.639. The topological polar surface area (TPSA) is 63.1 Å². The lowest BCUT2D eigenvalue weighted by Gasteiger charge is -2.33. The fourth-order valence-corrected chi connectivity index (χ4v) is 3.91. The number of pyridine rings is 1. The number of aryl methyl sites for hydroxylation is 1. The molecule has 0 spiro atoms. The van der Waals surface area contributed by atoms with Gasteiger partial charge in [0.1, 0.15) is 11.5 Å². The van der Waals surface area contributed by atoms with Crippen molar-refractivity contribution in [1.29, 1.82) is 0 Å². The van der Waals surface area contributed by atoms with Gasteiger partial charge in [-0.15, -0.1) is 0 Å². The van der Waals surface area contributed by atoms with Crippen LogP contribution in [0.15, 0.2) is 42.7 Å². The number of nitrogens with zero attached hydrogens (tertiary/aromatic N) is 4. The molecule has 0 saturated carbocycles. The number of aromatic nitrogens is 3. The van der Waals surface area contributed by atoms with E-state index in [9.17, 15) is 18.0 Å². The van der Waals surface area contributed by atoms with Crippen molar-refractivity contribution in [2.24, 2.45) is 0 Å². The molecule has 3 aromatic rings.